The summed E-state index contributed by atoms with van der Waals surface area (Å²) >= 11 is 0. The maximum atomic E-state index is 11.9. The van der Waals surface area contributed by atoms with Crippen LogP contribution >= 0.6 is 0 Å². The lowest BCUT2D eigenvalue weighted by Crippen LogP contribution is -2.26. The van der Waals surface area contributed by atoms with Crippen molar-refractivity contribution in [1.29, 1.82) is 0 Å². The second kappa shape index (κ2) is 6.27. The van der Waals surface area contributed by atoms with Crippen molar-refractivity contribution in [3.8, 4) is 0 Å². The molecule has 1 fully saturated rings. The fourth-order valence-electron chi connectivity index (χ4n) is 2.21. The highest BCUT2D eigenvalue weighted by Gasteiger charge is 2.34. The molecule has 0 spiro atoms. The first-order valence-corrected chi connectivity index (χ1v) is 6.36. The molecule has 0 N–H and O–H groups in total. The lowest BCUT2D eigenvalue weighted by atomic mass is 10.0. The number of ketones is 1. The number of likely N-dealkylation sites (tertiary alicyclic amines) is 1. The maximum Gasteiger partial charge on any atom is 0.313 e. The highest BCUT2D eigenvalue weighted by Crippen LogP contribution is 2.22. The molecule has 1 aliphatic heterocycles. The SMILES string of the molecule is COC(=O)CC(=O)[C@@H]1CC(=O)N(Cc2ccncc2)C1. The third-order valence-corrected chi connectivity index (χ3v) is 3.34. The Kier molecular flexibility index (Phi) is 4.45. The van der Waals surface area contributed by atoms with E-state index in [4.69, 9.17) is 0 Å². The van der Waals surface area contributed by atoms with Crippen LogP contribution in [0.4, 0.5) is 0 Å². The second-order valence-electron chi connectivity index (χ2n) is 4.75. The zero-order valence-electron chi connectivity index (χ0n) is 11.2. The van der Waals surface area contributed by atoms with Gasteiger partial charge in [0.1, 0.15) is 12.2 Å². The minimum Gasteiger partial charge on any atom is -0.469 e. The lowest BCUT2D eigenvalue weighted by Gasteiger charge is -2.16. The van der Waals surface area contributed by atoms with E-state index in [1.165, 1.54) is 7.11 Å². The molecule has 20 heavy (non-hydrogen) atoms. The number of ether oxygens (including phenoxy) is 1. The smallest absolute Gasteiger partial charge is 0.313 e. The Morgan fingerprint density at radius 3 is 2.75 bits per heavy atom. The number of pyridine rings is 1. The standard InChI is InChI=1S/C14H16N2O4/c1-20-14(19)7-12(17)11-6-13(18)16(9-11)8-10-2-4-15-5-3-10/h2-5,11H,6-9H2,1H3/t11-/m1/s1. The van der Waals surface area contributed by atoms with Crippen LogP contribution in [0.15, 0.2) is 24.5 Å². The third kappa shape index (κ3) is 3.40. The van der Waals surface area contributed by atoms with Crippen molar-refractivity contribution in [1.82, 2.24) is 9.88 Å². The molecule has 0 radical (unpaired) electrons. The number of amides is 1. The highest BCUT2D eigenvalue weighted by atomic mass is 16.5. The molecule has 1 amide bonds. The maximum absolute atomic E-state index is 11.9. The summed E-state index contributed by atoms with van der Waals surface area (Å²) in [4.78, 5) is 40.4. The predicted molar refractivity (Wildman–Crippen MR) is 69.4 cm³/mol. The minimum absolute atomic E-state index is 0.0648. The number of hydrogen-bond donors (Lipinski definition) is 0. The van der Waals surface area contributed by atoms with Gasteiger partial charge in [-0.15, -0.1) is 0 Å². The Hall–Kier alpha value is -2.24. The fourth-order valence-corrected chi connectivity index (χ4v) is 2.21. The van der Waals surface area contributed by atoms with E-state index in [2.05, 4.69) is 9.72 Å². The molecule has 6 nitrogen and oxygen atoms in total. The summed E-state index contributed by atoms with van der Waals surface area (Å²) in [5, 5.41) is 0. The normalized spacial score (nSPS) is 18.1. The van der Waals surface area contributed by atoms with E-state index in [-0.39, 0.29) is 24.5 Å². The molecule has 2 rings (SSSR count). The molecule has 0 unspecified atom stereocenters. The van der Waals surface area contributed by atoms with Crippen molar-refractivity contribution in [3.05, 3.63) is 30.1 Å². The van der Waals surface area contributed by atoms with Gasteiger partial charge >= 0.3 is 5.97 Å². The van der Waals surface area contributed by atoms with Gasteiger partial charge in [-0.3, -0.25) is 19.4 Å². The molecular weight excluding hydrogens is 260 g/mol. The first kappa shape index (κ1) is 14.2. The Balaban J connectivity index is 1.93. The summed E-state index contributed by atoms with van der Waals surface area (Å²) in [5.41, 5.74) is 0.967. The first-order chi connectivity index (χ1) is 9.60. The van der Waals surface area contributed by atoms with Crippen LogP contribution in [0.25, 0.3) is 0 Å². The molecule has 0 aromatic carbocycles. The molecule has 106 valence electrons. The topological polar surface area (TPSA) is 76.6 Å². The Bertz CT molecular complexity index is 515. The number of aromatic nitrogens is 1. The van der Waals surface area contributed by atoms with Crippen LogP contribution in [-0.4, -0.2) is 41.2 Å². The number of nitrogens with zero attached hydrogens (tertiary/aromatic N) is 2. The van der Waals surface area contributed by atoms with Crippen LogP contribution in [0.5, 0.6) is 0 Å². The van der Waals surface area contributed by atoms with Crippen LogP contribution in [0, 0.1) is 5.92 Å². The van der Waals surface area contributed by atoms with Gasteiger partial charge in [0.25, 0.3) is 0 Å². The summed E-state index contributed by atoms with van der Waals surface area (Å²) in [6, 6.07) is 3.66. The molecule has 0 aliphatic carbocycles. The van der Waals surface area contributed by atoms with Gasteiger partial charge in [0, 0.05) is 37.8 Å². The number of Topliss-reactive ketones (excluding diaryl/α,β-unsaturated/α-hetero) is 1. The van der Waals surface area contributed by atoms with Gasteiger partial charge < -0.3 is 9.64 Å². The van der Waals surface area contributed by atoms with E-state index in [1.807, 2.05) is 12.1 Å². The molecule has 0 bridgehead atoms. The van der Waals surface area contributed by atoms with E-state index < -0.39 is 11.9 Å². The number of esters is 1. The number of carbonyl (C=O) groups is 3. The zero-order chi connectivity index (χ0) is 14.5. The van der Waals surface area contributed by atoms with Crippen molar-refractivity contribution >= 4 is 17.7 Å². The number of carbonyl (C=O) groups excluding carboxylic acids is 3. The van der Waals surface area contributed by atoms with E-state index >= 15 is 0 Å². The van der Waals surface area contributed by atoms with Crippen LogP contribution in [-0.2, 0) is 25.7 Å². The van der Waals surface area contributed by atoms with E-state index in [0.717, 1.165) is 5.56 Å². The zero-order valence-corrected chi connectivity index (χ0v) is 11.2. The van der Waals surface area contributed by atoms with Crippen molar-refractivity contribution < 1.29 is 19.1 Å². The molecule has 1 aliphatic rings. The van der Waals surface area contributed by atoms with Crippen LogP contribution in [0.3, 0.4) is 0 Å². The molecule has 1 atom stereocenters. The largest absolute Gasteiger partial charge is 0.469 e. The summed E-state index contributed by atoms with van der Waals surface area (Å²) in [7, 11) is 1.24. The van der Waals surface area contributed by atoms with Crippen LogP contribution in [0.2, 0.25) is 0 Å². The molecule has 1 saturated heterocycles. The number of hydrogen-bond acceptors (Lipinski definition) is 5. The Labute approximate surface area is 116 Å². The summed E-state index contributed by atoms with van der Waals surface area (Å²) in [5.74, 6) is -1.27. The molecule has 2 heterocycles. The quantitative estimate of drug-likeness (QED) is 0.580. The van der Waals surface area contributed by atoms with Gasteiger partial charge in [0.05, 0.1) is 7.11 Å². The molecule has 0 saturated carbocycles. The summed E-state index contributed by atoms with van der Waals surface area (Å²) in [6.45, 7) is 0.820. The van der Waals surface area contributed by atoms with E-state index in [0.29, 0.717) is 13.1 Å². The van der Waals surface area contributed by atoms with E-state index in [1.54, 1.807) is 17.3 Å². The van der Waals surface area contributed by atoms with Gasteiger partial charge in [0.15, 0.2) is 0 Å². The summed E-state index contributed by atoms with van der Waals surface area (Å²) in [6.07, 6.45) is 3.23. The first-order valence-electron chi connectivity index (χ1n) is 6.36. The van der Waals surface area contributed by atoms with Crippen molar-refractivity contribution in [2.75, 3.05) is 13.7 Å². The average molecular weight is 276 g/mol. The van der Waals surface area contributed by atoms with Gasteiger partial charge in [0.2, 0.25) is 5.91 Å². The van der Waals surface area contributed by atoms with Crippen LogP contribution in [0.1, 0.15) is 18.4 Å². The second-order valence-corrected chi connectivity index (χ2v) is 4.75. The highest BCUT2D eigenvalue weighted by molar-refractivity contribution is 5.99. The molecular formula is C14H16N2O4. The predicted octanol–water partition coefficient (Wildman–Crippen LogP) is 0.562. The van der Waals surface area contributed by atoms with Crippen LogP contribution < -0.4 is 0 Å². The van der Waals surface area contributed by atoms with Gasteiger partial charge in [-0.05, 0) is 17.7 Å². The molecule has 1 aromatic heterocycles. The number of rotatable bonds is 5. The Morgan fingerprint density at radius 1 is 1.40 bits per heavy atom. The average Bonchev–Trinajstić information content (AvgIpc) is 2.81. The monoisotopic (exact) mass is 276 g/mol. The lowest BCUT2D eigenvalue weighted by molar-refractivity contribution is -0.144. The molecule has 1 aromatic rings. The van der Waals surface area contributed by atoms with Gasteiger partial charge in [-0.1, -0.05) is 0 Å². The summed E-state index contributed by atoms with van der Waals surface area (Å²) < 4.78 is 4.46. The minimum atomic E-state index is -0.560. The van der Waals surface area contributed by atoms with Crippen molar-refractivity contribution in [3.63, 3.8) is 0 Å². The number of methoxy groups -OCH3 is 1. The van der Waals surface area contributed by atoms with Crippen molar-refractivity contribution in [2.45, 2.75) is 19.4 Å². The molecule has 6 heteroatoms. The van der Waals surface area contributed by atoms with Crippen molar-refractivity contribution in [2.24, 2.45) is 5.92 Å². The van der Waals surface area contributed by atoms with E-state index in [9.17, 15) is 14.4 Å². The van der Waals surface area contributed by atoms with Gasteiger partial charge in [-0.25, -0.2) is 0 Å². The fraction of sp³-hybridized carbons (Fsp3) is 0.429. The third-order valence-electron chi connectivity index (χ3n) is 3.34. The van der Waals surface area contributed by atoms with Gasteiger partial charge in [-0.2, -0.15) is 0 Å². The Morgan fingerprint density at radius 2 is 2.10 bits per heavy atom.